The highest BCUT2D eigenvalue weighted by Gasteiger charge is 2.23. The van der Waals surface area contributed by atoms with Gasteiger partial charge in [0.25, 0.3) is 11.5 Å². The van der Waals surface area contributed by atoms with E-state index in [1.165, 1.54) is 23.6 Å². The summed E-state index contributed by atoms with van der Waals surface area (Å²) >= 11 is 0. The fourth-order valence-electron chi connectivity index (χ4n) is 4.29. The fourth-order valence-corrected chi connectivity index (χ4v) is 4.29. The number of aromatic nitrogens is 2. The molecule has 1 fully saturated rings. The fraction of sp³-hybridized carbons (Fsp3) is 0.385. The van der Waals surface area contributed by atoms with Crippen LogP contribution in [0.2, 0.25) is 0 Å². The van der Waals surface area contributed by atoms with Crippen molar-refractivity contribution in [2.24, 2.45) is 0 Å². The van der Waals surface area contributed by atoms with Crippen LogP contribution in [-0.4, -0.2) is 77.3 Å². The monoisotopic (exact) mass is 511 g/mol. The number of carbonyl (C=O) groups excluding carboxylic acids is 2. The molecule has 0 bridgehead atoms. The molecule has 3 heterocycles. The molecule has 0 unspecified atom stereocenters. The van der Waals surface area contributed by atoms with Gasteiger partial charge in [-0.1, -0.05) is 12.1 Å². The van der Waals surface area contributed by atoms with E-state index in [9.17, 15) is 23.9 Å². The highest BCUT2D eigenvalue weighted by atomic mass is 19.1. The molecule has 2 amide bonds. The van der Waals surface area contributed by atoms with Gasteiger partial charge in [-0.05, 0) is 35.7 Å². The van der Waals surface area contributed by atoms with Gasteiger partial charge in [-0.15, -0.1) is 0 Å². The first-order valence-electron chi connectivity index (χ1n) is 12.1. The standard InChI is InChI=1S/C26H30FN5O5/c1-17(33)28-7-9-32-21-15-19(14-18-2-4-20(27)5-3-18)16-30-23(21)24(34)22(26(32)36)25(35)29-6-8-31-10-12-37-13-11-31/h2-5,15-16,34H,6-14H2,1H3,(H,28,33)(H,29,35). The number of hydrogen-bond donors (Lipinski definition) is 3. The Morgan fingerprint density at radius 3 is 2.49 bits per heavy atom. The van der Waals surface area contributed by atoms with Gasteiger partial charge in [0.15, 0.2) is 5.75 Å². The Morgan fingerprint density at radius 2 is 1.78 bits per heavy atom. The second kappa shape index (κ2) is 11.9. The number of halogens is 1. The predicted molar refractivity (Wildman–Crippen MR) is 135 cm³/mol. The minimum atomic E-state index is -0.692. The summed E-state index contributed by atoms with van der Waals surface area (Å²) in [7, 11) is 0. The second-order valence-corrected chi connectivity index (χ2v) is 8.89. The van der Waals surface area contributed by atoms with Crippen molar-refractivity contribution in [2.75, 3.05) is 45.9 Å². The van der Waals surface area contributed by atoms with Crippen molar-refractivity contribution in [3.63, 3.8) is 0 Å². The zero-order valence-electron chi connectivity index (χ0n) is 20.6. The third kappa shape index (κ3) is 6.49. The van der Waals surface area contributed by atoms with Crippen molar-refractivity contribution in [1.29, 1.82) is 0 Å². The van der Waals surface area contributed by atoms with Gasteiger partial charge < -0.3 is 25.0 Å². The molecule has 2 aromatic heterocycles. The Hall–Kier alpha value is -3.83. The summed E-state index contributed by atoms with van der Waals surface area (Å²) in [6, 6.07) is 7.75. The van der Waals surface area contributed by atoms with Gasteiger partial charge in [0, 0.05) is 52.4 Å². The number of fused-ring (bicyclic) bond motifs is 1. The third-order valence-corrected chi connectivity index (χ3v) is 6.21. The Balaban J connectivity index is 1.64. The highest BCUT2D eigenvalue weighted by molar-refractivity contribution is 6.01. The molecule has 3 N–H and O–H groups in total. The molecule has 10 nitrogen and oxygen atoms in total. The quantitative estimate of drug-likeness (QED) is 0.392. The summed E-state index contributed by atoms with van der Waals surface area (Å²) in [4.78, 5) is 44.3. The van der Waals surface area contributed by atoms with E-state index in [0.717, 1.165) is 24.2 Å². The lowest BCUT2D eigenvalue weighted by molar-refractivity contribution is -0.118. The second-order valence-electron chi connectivity index (χ2n) is 8.89. The zero-order valence-corrected chi connectivity index (χ0v) is 20.6. The first-order valence-corrected chi connectivity index (χ1v) is 12.1. The van der Waals surface area contributed by atoms with Crippen molar-refractivity contribution in [3.8, 4) is 5.75 Å². The lowest BCUT2D eigenvalue weighted by atomic mass is 10.1. The van der Waals surface area contributed by atoms with Gasteiger partial charge in [-0.3, -0.25) is 24.3 Å². The van der Waals surface area contributed by atoms with Gasteiger partial charge in [0.05, 0.1) is 18.7 Å². The van der Waals surface area contributed by atoms with Gasteiger partial charge in [-0.25, -0.2) is 4.39 Å². The first kappa shape index (κ1) is 26.2. The number of ether oxygens (including phenoxy) is 1. The molecule has 0 radical (unpaired) electrons. The molecule has 0 atom stereocenters. The largest absolute Gasteiger partial charge is 0.505 e. The molecule has 196 valence electrons. The Morgan fingerprint density at radius 1 is 1.08 bits per heavy atom. The van der Waals surface area contributed by atoms with E-state index in [1.807, 2.05) is 0 Å². The van der Waals surface area contributed by atoms with Crippen molar-refractivity contribution >= 4 is 22.8 Å². The predicted octanol–water partition coefficient (Wildman–Crippen LogP) is 1.03. The Bertz CT molecular complexity index is 1340. The summed E-state index contributed by atoms with van der Waals surface area (Å²) in [5, 5.41) is 16.3. The summed E-state index contributed by atoms with van der Waals surface area (Å²) in [5.74, 6) is -1.78. The van der Waals surface area contributed by atoms with E-state index < -0.39 is 22.8 Å². The average molecular weight is 512 g/mol. The van der Waals surface area contributed by atoms with E-state index in [0.29, 0.717) is 38.2 Å². The molecule has 1 aliphatic heterocycles. The molecule has 1 aliphatic rings. The maximum atomic E-state index is 13.4. The van der Waals surface area contributed by atoms with E-state index in [1.54, 1.807) is 24.4 Å². The zero-order chi connectivity index (χ0) is 26.4. The molecule has 0 saturated carbocycles. The van der Waals surface area contributed by atoms with Crippen LogP contribution in [0, 0.1) is 5.82 Å². The number of rotatable bonds is 9. The SMILES string of the molecule is CC(=O)NCCn1c(=O)c(C(=O)NCCN2CCOCC2)c(O)c2ncc(Cc3ccc(F)cc3)cc21. The molecule has 0 spiro atoms. The number of amides is 2. The normalized spacial score (nSPS) is 14.0. The molecular formula is C26H30FN5O5. The van der Waals surface area contributed by atoms with Gasteiger partial charge in [0.2, 0.25) is 5.91 Å². The van der Waals surface area contributed by atoms with Gasteiger partial charge in [0.1, 0.15) is 16.9 Å². The smallest absolute Gasteiger partial charge is 0.267 e. The lowest BCUT2D eigenvalue weighted by Gasteiger charge is -2.26. The molecule has 1 saturated heterocycles. The van der Waals surface area contributed by atoms with Gasteiger partial charge >= 0.3 is 0 Å². The lowest BCUT2D eigenvalue weighted by Crippen LogP contribution is -2.42. The van der Waals surface area contributed by atoms with Crippen LogP contribution >= 0.6 is 0 Å². The molecule has 4 rings (SSSR count). The van der Waals surface area contributed by atoms with Crippen molar-refractivity contribution in [1.82, 2.24) is 25.1 Å². The Kier molecular flexibility index (Phi) is 8.47. The van der Waals surface area contributed by atoms with Crippen LogP contribution in [0.5, 0.6) is 5.75 Å². The number of nitrogens with one attached hydrogen (secondary N) is 2. The topological polar surface area (TPSA) is 126 Å². The van der Waals surface area contributed by atoms with Crippen LogP contribution in [-0.2, 0) is 22.5 Å². The maximum Gasteiger partial charge on any atom is 0.267 e. The first-order chi connectivity index (χ1) is 17.8. The minimum Gasteiger partial charge on any atom is -0.505 e. The van der Waals surface area contributed by atoms with Crippen molar-refractivity contribution < 1.29 is 23.8 Å². The summed E-state index contributed by atoms with van der Waals surface area (Å²) < 4.78 is 19.9. The van der Waals surface area contributed by atoms with Crippen LogP contribution in [0.1, 0.15) is 28.4 Å². The minimum absolute atomic E-state index is 0.0743. The van der Waals surface area contributed by atoms with Gasteiger partial charge in [-0.2, -0.15) is 0 Å². The summed E-state index contributed by atoms with van der Waals surface area (Å²) in [6.07, 6.45) is 1.97. The summed E-state index contributed by atoms with van der Waals surface area (Å²) in [6.45, 7) is 5.26. The van der Waals surface area contributed by atoms with Crippen LogP contribution in [0.15, 0.2) is 41.3 Å². The van der Waals surface area contributed by atoms with E-state index in [4.69, 9.17) is 4.74 Å². The number of benzene rings is 1. The third-order valence-electron chi connectivity index (χ3n) is 6.21. The highest BCUT2D eigenvalue weighted by Crippen LogP contribution is 2.26. The molecule has 0 aliphatic carbocycles. The molecule has 1 aromatic carbocycles. The Labute approximate surface area is 213 Å². The van der Waals surface area contributed by atoms with Crippen LogP contribution in [0.3, 0.4) is 0 Å². The van der Waals surface area contributed by atoms with E-state index in [2.05, 4.69) is 20.5 Å². The number of nitrogens with zero attached hydrogens (tertiary/aromatic N) is 3. The van der Waals surface area contributed by atoms with Crippen molar-refractivity contribution in [2.45, 2.75) is 19.9 Å². The van der Waals surface area contributed by atoms with Crippen LogP contribution < -0.4 is 16.2 Å². The maximum absolute atomic E-state index is 13.4. The molecule has 3 aromatic rings. The number of morpholine rings is 1. The number of aromatic hydroxyl groups is 1. The molecule has 37 heavy (non-hydrogen) atoms. The van der Waals surface area contributed by atoms with Crippen molar-refractivity contribution in [3.05, 3.63) is 69.4 Å². The van der Waals surface area contributed by atoms with E-state index >= 15 is 0 Å². The summed E-state index contributed by atoms with van der Waals surface area (Å²) in [5.41, 5.74) is 0.932. The van der Waals surface area contributed by atoms with E-state index in [-0.39, 0.29) is 30.3 Å². The molecular weight excluding hydrogens is 481 g/mol. The number of pyridine rings is 2. The van der Waals surface area contributed by atoms with Crippen LogP contribution in [0.4, 0.5) is 4.39 Å². The molecule has 11 heteroatoms. The average Bonchev–Trinajstić information content (AvgIpc) is 2.88. The number of carbonyl (C=O) groups is 2. The van der Waals surface area contributed by atoms with Crippen LogP contribution in [0.25, 0.3) is 11.0 Å². The number of hydrogen-bond acceptors (Lipinski definition) is 7.